The number of rotatable bonds is 6. The number of nitrogens with zero attached hydrogens (tertiary/aromatic N) is 3. The number of pyridine rings is 3. The van der Waals surface area contributed by atoms with Crippen LogP contribution in [0.5, 0.6) is 5.75 Å². The molecule has 0 radical (unpaired) electrons. The molecule has 3 heterocycles. The molecule has 4 aromatic rings. The van der Waals surface area contributed by atoms with Crippen LogP contribution in [-0.2, 0) is 12.8 Å². The molecule has 0 amide bonds. The normalized spacial score (nSPS) is 10.8. The van der Waals surface area contributed by atoms with Crippen LogP contribution in [0.4, 0.5) is 0 Å². The predicted octanol–water partition coefficient (Wildman–Crippen LogP) is 4.24. The Morgan fingerprint density at radius 1 is 0.769 bits per heavy atom. The summed E-state index contributed by atoms with van der Waals surface area (Å²) in [7, 11) is 0. The van der Waals surface area contributed by atoms with Gasteiger partial charge in [-0.25, -0.2) is 0 Å². The van der Waals surface area contributed by atoms with Crippen molar-refractivity contribution in [1.82, 2.24) is 15.0 Å². The summed E-state index contributed by atoms with van der Waals surface area (Å²) in [5.74, 6) is 0.793. The average molecular weight is 341 g/mol. The van der Waals surface area contributed by atoms with E-state index in [4.69, 9.17) is 4.74 Å². The van der Waals surface area contributed by atoms with E-state index in [-0.39, 0.29) is 0 Å². The van der Waals surface area contributed by atoms with E-state index in [1.807, 2.05) is 36.8 Å². The van der Waals surface area contributed by atoms with Gasteiger partial charge < -0.3 is 4.74 Å². The summed E-state index contributed by atoms with van der Waals surface area (Å²) < 4.78 is 5.72. The maximum Gasteiger partial charge on any atom is 0.137 e. The lowest BCUT2D eigenvalue weighted by Crippen LogP contribution is -2.02. The van der Waals surface area contributed by atoms with Crippen LogP contribution in [0.1, 0.15) is 16.7 Å². The molecular weight excluding hydrogens is 322 g/mol. The Balaban J connectivity index is 1.41. The van der Waals surface area contributed by atoms with Crippen LogP contribution in [0.15, 0.2) is 79.5 Å². The molecule has 4 nitrogen and oxygen atoms in total. The van der Waals surface area contributed by atoms with E-state index in [1.54, 1.807) is 12.4 Å². The number of fused-ring (bicyclic) bond motifs is 1. The summed E-state index contributed by atoms with van der Waals surface area (Å²) in [5.41, 5.74) is 4.66. The van der Waals surface area contributed by atoms with Gasteiger partial charge in [0.2, 0.25) is 0 Å². The quantitative estimate of drug-likeness (QED) is 0.526. The van der Waals surface area contributed by atoms with Gasteiger partial charge in [0.1, 0.15) is 5.75 Å². The first-order valence-corrected chi connectivity index (χ1v) is 8.66. The van der Waals surface area contributed by atoms with Crippen molar-refractivity contribution in [1.29, 1.82) is 0 Å². The third kappa shape index (κ3) is 4.03. The molecule has 4 heteroatoms. The van der Waals surface area contributed by atoms with Gasteiger partial charge >= 0.3 is 0 Å². The standard InChI is InChI=1S/C22H19N3O/c1-3-20-13-17(5-6-22(20)25-9-1)11-19-12-18(14-24-15-19)7-10-26-21-4-2-8-23-16-21/h1-6,8-9,12-16H,7,10-11H2. The zero-order valence-corrected chi connectivity index (χ0v) is 14.4. The summed E-state index contributed by atoms with van der Waals surface area (Å²) in [6.45, 7) is 0.610. The lowest BCUT2D eigenvalue weighted by molar-refractivity contribution is 0.320. The van der Waals surface area contributed by atoms with E-state index >= 15 is 0 Å². The van der Waals surface area contributed by atoms with Crippen LogP contribution >= 0.6 is 0 Å². The maximum atomic E-state index is 5.72. The van der Waals surface area contributed by atoms with E-state index < -0.39 is 0 Å². The zero-order valence-electron chi connectivity index (χ0n) is 14.4. The first kappa shape index (κ1) is 16.2. The molecule has 1 aromatic carbocycles. The smallest absolute Gasteiger partial charge is 0.137 e. The Morgan fingerprint density at radius 2 is 1.69 bits per heavy atom. The van der Waals surface area contributed by atoms with Crippen molar-refractivity contribution in [2.45, 2.75) is 12.8 Å². The van der Waals surface area contributed by atoms with E-state index in [0.29, 0.717) is 6.61 Å². The van der Waals surface area contributed by atoms with E-state index in [9.17, 15) is 0 Å². The van der Waals surface area contributed by atoms with Crippen molar-refractivity contribution in [2.24, 2.45) is 0 Å². The Kier molecular flexibility index (Phi) is 4.83. The van der Waals surface area contributed by atoms with Gasteiger partial charge in [-0.1, -0.05) is 18.2 Å². The van der Waals surface area contributed by atoms with Crippen molar-refractivity contribution in [2.75, 3.05) is 6.61 Å². The Labute approximate surface area is 152 Å². The number of ether oxygens (including phenoxy) is 1. The molecule has 4 rings (SSSR count). The highest BCUT2D eigenvalue weighted by Gasteiger charge is 2.02. The number of benzene rings is 1. The third-order valence-electron chi connectivity index (χ3n) is 4.22. The molecule has 0 N–H and O–H groups in total. The van der Waals surface area contributed by atoms with Gasteiger partial charge in [0, 0.05) is 36.6 Å². The molecule has 0 aliphatic rings. The van der Waals surface area contributed by atoms with Crippen molar-refractivity contribution >= 4 is 10.9 Å². The molecule has 0 saturated heterocycles. The second-order valence-corrected chi connectivity index (χ2v) is 6.20. The van der Waals surface area contributed by atoms with Gasteiger partial charge in [-0.3, -0.25) is 15.0 Å². The van der Waals surface area contributed by atoms with Gasteiger partial charge in [-0.15, -0.1) is 0 Å². The summed E-state index contributed by atoms with van der Waals surface area (Å²) >= 11 is 0. The van der Waals surface area contributed by atoms with Crippen molar-refractivity contribution < 1.29 is 4.74 Å². The lowest BCUT2D eigenvalue weighted by atomic mass is 10.0. The molecule has 0 bridgehead atoms. The predicted molar refractivity (Wildman–Crippen MR) is 102 cm³/mol. The highest BCUT2D eigenvalue weighted by molar-refractivity contribution is 5.79. The van der Waals surface area contributed by atoms with Gasteiger partial charge in [0.05, 0.1) is 18.3 Å². The van der Waals surface area contributed by atoms with Crippen LogP contribution < -0.4 is 4.74 Å². The van der Waals surface area contributed by atoms with Gasteiger partial charge in [0.25, 0.3) is 0 Å². The average Bonchev–Trinajstić information content (AvgIpc) is 2.69. The van der Waals surface area contributed by atoms with Gasteiger partial charge in [0.15, 0.2) is 0 Å². The zero-order chi connectivity index (χ0) is 17.6. The summed E-state index contributed by atoms with van der Waals surface area (Å²) in [6, 6.07) is 16.4. The number of aromatic nitrogens is 3. The maximum absolute atomic E-state index is 5.72. The molecule has 0 aliphatic heterocycles. The highest BCUT2D eigenvalue weighted by Crippen LogP contribution is 2.17. The first-order valence-electron chi connectivity index (χ1n) is 8.66. The fourth-order valence-electron chi connectivity index (χ4n) is 2.96. The molecule has 3 aromatic heterocycles. The van der Waals surface area contributed by atoms with Crippen LogP contribution in [0, 0.1) is 0 Å². The van der Waals surface area contributed by atoms with Crippen LogP contribution in [0.2, 0.25) is 0 Å². The minimum absolute atomic E-state index is 0.610. The SMILES string of the molecule is c1cncc(OCCc2cncc(Cc3ccc4ncccc4c3)c2)c1. The molecule has 26 heavy (non-hydrogen) atoms. The molecule has 0 unspecified atom stereocenters. The van der Waals surface area contributed by atoms with Crippen molar-refractivity contribution in [3.8, 4) is 5.75 Å². The molecule has 0 aliphatic carbocycles. The van der Waals surface area contributed by atoms with Gasteiger partial charge in [-0.05, 0) is 53.4 Å². The van der Waals surface area contributed by atoms with E-state index in [2.05, 4.69) is 45.3 Å². The molecular formula is C22H19N3O. The second kappa shape index (κ2) is 7.74. The molecule has 128 valence electrons. The Hall–Kier alpha value is -3.27. The largest absolute Gasteiger partial charge is 0.492 e. The van der Waals surface area contributed by atoms with E-state index in [1.165, 1.54) is 22.1 Å². The second-order valence-electron chi connectivity index (χ2n) is 6.20. The summed E-state index contributed by atoms with van der Waals surface area (Å²) in [6.07, 6.45) is 10.8. The minimum Gasteiger partial charge on any atom is -0.492 e. The van der Waals surface area contributed by atoms with Crippen molar-refractivity contribution in [3.05, 3.63) is 96.2 Å². The first-order chi connectivity index (χ1) is 12.9. The molecule has 0 fully saturated rings. The van der Waals surface area contributed by atoms with Crippen LogP contribution in [-0.4, -0.2) is 21.6 Å². The number of hydrogen-bond acceptors (Lipinski definition) is 4. The monoisotopic (exact) mass is 341 g/mol. The number of hydrogen-bond donors (Lipinski definition) is 0. The van der Waals surface area contributed by atoms with Gasteiger partial charge in [-0.2, -0.15) is 0 Å². The Bertz CT molecular complexity index is 1000. The van der Waals surface area contributed by atoms with Crippen LogP contribution in [0.25, 0.3) is 10.9 Å². The van der Waals surface area contributed by atoms with E-state index in [0.717, 1.165) is 24.1 Å². The molecule has 0 atom stereocenters. The van der Waals surface area contributed by atoms with Crippen molar-refractivity contribution in [3.63, 3.8) is 0 Å². The highest BCUT2D eigenvalue weighted by atomic mass is 16.5. The minimum atomic E-state index is 0.610. The topological polar surface area (TPSA) is 47.9 Å². The fraction of sp³-hybridized carbons (Fsp3) is 0.136. The Morgan fingerprint density at radius 3 is 2.62 bits per heavy atom. The van der Waals surface area contributed by atoms with Crippen LogP contribution in [0.3, 0.4) is 0 Å². The fourth-order valence-corrected chi connectivity index (χ4v) is 2.96. The summed E-state index contributed by atoms with van der Waals surface area (Å²) in [4.78, 5) is 12.8. The lowest BCUT2D eigenvalue weighted by Gasteiger charge is -2.08. The molecule has 0 saturated carbocycles. The third-order valence-corrected chi connectivity index (χ3v) is 4.22. The summed E-state index contributed by atoms with van der Waals surface area (Å²) in [5, 5.41) is 1.17. The molecule has 0 spiro atoms.